The SMILES string of the molecule is C[C@@H]1C[C@@H](C)CN(S(=O)(=O)N2CCC[C@@H](C(=O)NC3CCCCCCC3)C2)C1. The molecule has 162 valence electrons. The molecule has 2 aliphatic heterocycles. The number of piperidine rings is 2. The first-order valence-electron chi connectivity index (χ1n) is 11.4. The molecule has 3 aliphatic rings. The van der Waals surface area contributed by atoms with E-state index in [1.54, 1.807) is 8.61 Å². The summed E-state index contributed by atoms with van der Waals surface area (Å²) in [4.78, 5) is 12.9. The Morgan fingerprint density at radius 2 is 1.43 bits per heavy atom. The van der Waals surface area contributed by atoms with Crippen molar-refractivity contribution < 1.29 is 13.2 Å². The molecule has 0 aromatic rings. The monoisotopic (exact) mass is 413 g/mol. The van der Waals surface area contributed by atoms with Crippen molar-refractivity contribution in [3.8, 4) is 0 Å². The summed E-state index contributed by atoms with van der Waals surface area (Å²) < 4.78 is 29.6. The van der Waals surface area contributed by atoms with Crippen molar-refractivity contribution in [2.75, 3.05) is 26.2 Å². The van der Waals surface area contributed by atoms with Crippen LogP contribution in [0.4, 0.5) is 0 Å². The van der Waals surface area contributed by atoms with Gasteiger partial charge < -0.3 is 5.32 Å². The van der Waals surface area contributed by atoms with Gasteiger partial charge in [-0.3, -0.25) is 4.79 Å². The van der Waals surface area contributed by atoms with Crippen LogP contribution in [0.3, 0.4) is 0 Å². The quantitative estimate of drug-likeness (QED) is 0.770. The molecule has 6 nitrogen and oxygen atoms in total. The van der Waals surface area contributed by atoms with E-state index >= 15 is 0 Å². The number of rotatable bonds is 4. The highest BCUT2D eigenvalue weighted by molar-refractivity contribution is 7.86. The first-order chi connectivity index (χ1) is 13.4. The van der Waals surface area contributed by atoms with Gasteiger partial charge in [-0.25, -0.2) is 0 Å². The normalized spacial score (nSPS) is 32.4. The van der Waals surface area contributed by atoms with E-state index in [1.165, 1.54) is 32.1 Å². The van der Waals surface area contributed by atoms with Gasteiger partial charge in [-0.2, -0.15) is 17.0 Å². The highest BCUT2D eigenvalue weighted by Gasteiger charge is 2.38. The third-order valence-electron chi connectivity index (χ3n) is 6.69. The molecule has 0 unspecified atom stereocenters. The van der Waals surface area contributed by atoms with Crippen molar-refractivity contribution in [1.29, 1.82) is 0 Å². The molecular formula is C21H39N3O3S. The number of hydrogen-bond donors (Lipinski definition) is 1. The average molecular weight is 414 g/mol. The Bertz CT molecular complexity index is 606. The minimum absolute atomic E-state index is 0.0610. The van der Waals surface area contributed by atoms with Crippen molar-refractivity contribution >= 4 is 16.1 Å². The van der Waals surface area contributed by atoms with E-state index in [4.69, 9.17) is 0 Å². The Kier molecular flexibility index (Phi) is 7.79. The molecule has 2 saturated heterocycles. The lowest BCUT2D eigenvalue weighted by Gasteiger charge is -2.39. The van der Waals surface area contributed by atoms with Gasteiger partial charge in [0.25, 0.3) is 10.2 Å². The summed E-state index contributed by atoms with van der Waals surface area (Å²) in [5.41, 5.74) is 0. The fourth-order valence-electron chi connectivity index (χ4n) is 5.24. The summed E-state index contributed by atoms with van der Waals surface area (Å²) >= 11 is 0. The van der Waals surface area contributed by atoms with Crippen LogP contribution in [0.25, 0.3) is 0 Å². The van der Waals surface area contributed by atoms with Gasteiger partial charge in [0, 0.05) is 32.2 Å². The lowest BCUT2D eigenvalue weighted by molar-refractivity contribution is -0.127. The molecule has 28 heavy (non-hydrogen) atoms. The fraction of sp³-hybridized carbons (Fsp3) is 0.952. The second kappa shape index (κ2) is 9.90. The molecule has 0 spiro atoms. The molecular weight excluding hydrogens is 374 g/mol. The highest BCUT2D eigenvalue weighted by atomic mass is 32.2. The van der Waals surface area contributed by atoms with Crippen molar-refractivity contribution in [2.45, 2.75) is 84.1 Å². The number of nitrogens with zero attached hydrogens (tertiary/aromatic N) is 2. The topological polar surface area (TPSA) is 69.7 Å². The van der Waals surface area contributed by atoms with Crippen molar-refractivity contribution in [2.24, 2.45) is 17.8 Å². The van der Waals surface area contributed by atoms with Gasteiger partial charge in [-0.15, -0.1) is 0 Å². The third kappa shape index (κ3) is 5.70. The molecule has 1 amide bonds. The molecule has 2 heterocycles. The van der Waals surface area contributed by atoms with Gasteiger partial charge in [-0.1, -0.05) is 46.0 Å². The Hall–Kier alpha value is -0.660. The molecule has 7 heteroatoms. The van der Waals surface area contributed by atoms with Gasteiger partial charge in [-0.05, 0) is 43.9 Å². The molecule has 0 bridgehead atoms. The number of nitrogens with one attached hydrogen (secondary N) is 1. The largest absolute Gasteiger partial charge is 0.353 e. The molecule has 1 aliphatic carbocycles. The zero-order valence-corrected chi connectivity index (χ0v) is 18.6. The Morgan fingerprint density at radius 3 is 2.07 bits per heavy atom. The first kappa shape index (κ1) is 22.0. The molecule has 1 saturated carbocycles. The molecule has 0 radical (unpaired) electrons. The van der Waals surface area contributed by atoms with E-state index in [-0.39, 0.29) is 17.9 Å². The summed E-state index contributed by atoms with van der Waals surface area (Å²) in [5, 5.41) is 3.25. The van der Waals surface area contributed by atoms with Crippen molar-refractivity contribution in [3.05, 3.63) is 0 Å². The number of hydrogen-bond acceptors (Lipinski definition) is 3. The molecule has 1 N–H and O–H groups in total. The predicted octanol–water partition coefficient (Wildman–Crippen LogP) is 3.15. The number of amides is 1. The number of carbonyl (C=O) groups excluding carboxylic acids is 1. The van der Waals surface area contributed by atoms with Crippen LogP contribution in [0, 0.1) is 17.8 Å². The zero-order valence-electron chi connectivity index (χ0n) is 17.7. The van der Waals surface area contributed by atoms with Gasteiger partial charge in [0.2, 0.25) is 5.91 Å². The van der Waals surface area contributed by atoms with Gasteiger partial charge in [0.1, 0.15) is 0 Å². The van der Waals surface area contributed by atoms with Crippen LogP contribution in [0.2, 0.25) is 0 Å². The minimum atomic E-state index is -3.47. The van der Waals surface area contributed by atoms with Crippen LogP contribution in [-0.4, -0.2) is 55.2 Å². The van der Waals surface area contributed by atoms with Crippen LogP contribution in [0.1, 0.15) is 78.1 Å². The average Bonchev–Trinajstić information content (AvgIpc) is 2.63. The summed E-state index contributed by atoms with van der Waals surface area (Å²) in [6, 6.07) is 0.267. The molecule has 3 rings (SSSR count). The fourth-order valence-corrected chi connectivity index (χ4v) is 7.18. The van der Waals surface area contributed by atoms with Crippen LogP contribution < -0.4 is 5.32 Å². The molecule has 0 aromatic heterocycles. The van der Waals surface area contributed by atoms with Crippen LogP contribution in [-0.2, 0) is 15.0 Å². The summed E-state index contributed by atoms with van der Waals surface area (Å²) in [5.74, 6) is 0.628. The van der Waals surface area contributed by atoms with E-state index in [0.717, 1.165) is 32.1 Å². The summed E-state index contributed by atoms with van der Waals surface area (Å²) in [6.45, 7) is 6.32. The van der Waals surface area contributed by atoms with E-state index in [9.17, 15) is 13.2 Å². The van der Waals surface area contributed by atoms with Crippen molar-refractivity contribution in [1.82, 2.24) is 13.9 Å². The standard InChI is InChI=1S/C21H39N3O3S/c1-17-13-18(2)15-24(14-17)28(26,27)23-12-8-9-19(16-23)21(25)22-20-10-6-4-3-5-7-11-20/h17-20H,3-16H2,1-2H3,(H,22,25)/t17-,18-,19-/m1/s1. The molecule has 3 fully saturated rings. The minimum Gasteiger partial charge on any atom is -0.353 e. The lowest BCUT2D eigenvalue weighted by atomic mass is 9.94. The van der Waals surface area contributed by atoms with Gasteiger partial charge >= 0.3 is 0 Å². The lowest BCUT2D eigenvalue weighted by Crippen LogP contribution is -2.54. The van der Waals surface area contributed by atoms with E-state index in [2.05, 4.69) is 19.2 Å². The molecule has 3 atom stereocenters. The predicted molar refractivity (Wildman–Crippen MR) is 112 cm³/mol. The summed E-state index contributed by atoms with van der Waals surface area (Å²) in [6.07, 6.45) is 10.9. The van der Waals surface area contributed by atoms with Crippen LogP contribution in [0.5, 0.6) is 0 Å². The Morgan fingerprint density at radius 1 is 0.821 bits per heavy atom. The Balaban J connectivity index is 1.58. The maximum Gasteiger partial charge on any atom is 0.282 e. The van der Waals surface area contributed by atoms with Gasteiger partial charge in [0.15, 0.2) is 0 Å². The second-order valence-corrected chi connectivity index (χ2v) is 11.4. The second-order valence-electron chi connectivity index (χ2n) is 9.52. The van der Waals surface area contributed by atoms with E-state index in [0.29, 0.717) is 38.0 Å². The molecule has 0 aromatic carbocycles. The van der Waals surface area contributed by atoms with Crippen LogP contribution >= 0.6 is 0 Å². The van der Waals surface area contributed by atoms with E-state index < -0.39 is 10.2 Å². The van der Waals surface area contributed by atoms with E-state index in [1.807, 2.05) is 0 Å². The van der Waals surface area contributed by atoms with Crippen LogP contribution in [0.15, 0.2) is 0 Å². The zero-order chi connectivity index (χ0) is 20.1. The van der Waals surface area contributed by atoms with Crippen molar-refractivity contribution in [3.63, 3.8) is 0 Å². The summed E-state index contributed by atoms with van der Waals surface area (Å²) in [7, 11) is -3.47. The Labute approximate surface area is 171 Å². The first-order valence-corrected chi connectivity index (χ1v) is 12.8. The maximum atomic E-state index is 13.2. The maximum absolute atomic E-state index is 13.2. The third-order valence-corrected chi connectivity index (χ3v) is 8.63. The highest BCUT2D eigenvalue weighted by Crippen LogP contribution is 2.28. The smallest absolute Gasteiger partial charge is 0.282 e. The van der Waals surface area contributed by atoms with Gasteiger partial charge in [0.05, 0.1) is 5.92 Å². The number of carbonyl (C=O) groups is 1.